The van der Waals surface area contributed by atoms with Gasteiger partial charge >= 0.3 is 0 Å². The quantitative estimate of drug-likeness (QED) is 0.763. The fourth-order valence-corrected chi connectivity index (χ4v) is 1.87. The number of aryl methyl sites for hydroxylation is 1. The maximum absolute atomic E-state index is 11.8. The number of likely N-dealkylation sites (N-methyl/N-ethyl adjacent to an activating group) is 1. The average Bonchev–Trinajstić information content (AvgIpc) is 2.72. The Morgan fingerprint density at radius 2 is 2.59 bits per heavy atom. The van der Waals surface area contributed by atoms with Gasteiger partial charge in [-0.25, -0.2) is 0 Å². The van der Waals surface area contributed by atoms with Crippen LogP contribution in [0.3, 0.4) is 0 Å². The fourth-order valence-electron chi connectivity index (χ4n) is 1.87. The number of aromatic amines is 1. The molecule has 94 valence electrons. The fraction of sp³-hybridized carbons (Fsp3) is 0.636. The molecular formula is C11H18N4O2. The van der Waals surface area contributed by atoms with E-state index in [1.807, 2.05) is 6.92 Å². The molecule has 17 heavy (non-hydrogen) atoms. The molecule has 0 saturated carbocycles. The molecule has 2 rings (SSSR count). The van der Waals surface area contributed by atoms with Crippen LogP contribution in [0.4, 0.5) is 0 Å². The topological polar surface area (TPSA) is 70.2 Å². The van der Waals surface area contributed by atoms with Gasteiger partial charge in [-0.1, -0.05) is 0 Å². The van der Waals surface area contributed by atoms with Crippen molar-refractivity contribution in [2.24, 2.45) is 0 Å². The van der Waals surface area contributed by atoms with Gasteiger partial charge in [0.25, 0.3) is 5.91 Å². The number of nitrogens with one attached hydrogen (secondary N) is 2. The van der Waals surface area contributed by atoms with Crippen LogP contribution >= 0.6 is 0 Å². The summed E-state index contributed by atoms with van der Waals surface area (Å²) in [7, 11) is 2.05. The highest BCUT2D eigenvalue weighted by molar-refractivity contribution is 5.94. The van der Waals surface area contributed by atoms with Crippen LogP contribution in [0, 0.1) is 6.92 Å². The number of rotatable bonds is 3. The molecular weight excluding hydrogens is 220 g/mol. The Kier molecular flexibility index (Phi) is 3.75. The van der Waals surface area contributed by atoms with Crippen LogP contribution in [0.15, 0.2) is 6.20 Å². The van der Waals surface area contributed by atoms with E-state index in [1.165, 1.54) is 0 Å². The summed E-state index contributed by atoms with van der Waals surface area (Å²) in [6, 6.07) is 0. The van der Waals surface area contributed by atoms with Crippen LogP contribution < -0.4 is 5.32 Å². The SMILES string of the molecule is Cc1[nH]ncc1C(=O)NCC1CN(C)CCO1. The summed E-state index contributed by atoms with van der Waals surface area (Å²) < 4.78 is 5.57. The van der Waals surface area contributed by atoms with Gasteiger partial charge in [-0.3, -0.25) is 9.89 Å². The molecule has 2 heterocycles. The number of hydrogen-bond donors (Lipinski definition) is 2. The predicted octanol–water partition coefficient (Wildman–Crippen LogP) is -0.221. The minimum absolute atomic E-state index is 0.0740. The Balaban J connectivity index is 1.82. The highest BCUT2D eigenvalue weighted by Crippen LogP contribution is 2.04. The molecule has 6 nitrogen and oxygen atoms in total. The van der Waals surface area contributed by atoms with E-state index in [2.05, 4.69) is 27.5 Å². The van der Waals surface area contributed by atoms with Crippen molar-refractivity contribution in [2.75, 3.05) is 33.3 Å². The molecule has 0 aliphatic carbocycles. The Hall–Kier alpha value is -1.40. The van der Waals surface area contributed by atoms with Crippen LogP contribution in [0.25, 0.3) is 0 Å². The smallest absolute Gasteiger partial charge is 0.254 e. The summed E-state index contributed by atoms with van der Waals surface area (Å²) in [6.45, 7) is 4.89. The Morgan fingerprint density at radius 3 is 3.24 bits per heavy atom. The third-order valence-corrected chi connectivity index (χ3v) is 2.91. The Morgan fingerprint density at radius 1 is 1.76 bits per heavy atom. The monoisotopic (exact) mass is 238 g/mol. The van der Waals surface area contributed by atoms with Crippen molar-refractivity contribution in [1.29, 1.82) is 0 Å². The number of nitrogens with zero attached hydrogens (tertiary/aromatic N) is 2. The Bertz CT molecular complexity index is 391. The van der Waals surface area contributed by atoms with Gasteiger partial charge in [-0.05, 0) is 14.0 Å². The number of aromatic nitrogens is 2. The van der Waals surface area contributed by atoms with Gasteiger partial charge in [0.15, 0.2) is 0 Å². The number of morpholine rings is 1. The summed E-state index contributed by atoms with van der Waals surface area (Å²) in [4.78, 5) is 14.0. The summed E-state index contributed by atoms with van der Waals surface area (Å²) in [6.07, 6.45) is 1.61. The molecule has 1 aliphatic rings. The van der Waals surface area contributed by atoms with Gasteiger partial charge in [-0.2, -0.15) is 5.10 Å². The van der Waals surface area contributed by atoms with Crippen LogP contribution in [0.5, 0.6) is 0 Å². The van der Waals surface area contributed by atoms with E-state index in [9.17, 15) is 4.79 Å². The third kappa shape index (κ3) is 3.04. The maximum Gasteiger partial charge on any atom is 0.254 e. The second-order valence-electron chi connectivity index (χ2n) is 4.37. The molecule has 1 saturated heterocycles. The van der Waals surface area contributed by atoms with E-state index in [1.54, 1.807) is 6.20 Å². The van der Waals surface area contributed by atoms with E-state index < -0.39 is 0 Å². The Labute approximate surface area is 100 Å². The predicted molar refractivity (Wildman–Crippen MR) is 62.9 cm³/mol. The molecule has 6 heteroatoms. The number of amides is 1. The van der Waals surface area contributed by atoms with Crippen LogP contribution in [0.1, 0.15) is 16.1 Å². The molecule has 0 bridgehead atoms. The molecule has 1 aromatic heterocycles. The van der Waals surface area contributed by atoms with Gasteiger partial charge < -0.3 is 15.0 Å². The van der Waals surface area contributed by atoms with Crippen molar-refractivity contribution in [1.82, 2.24) is 20.4 Å². The molecule has 1 aliphatic heterocycles. The number of hydrogen-bond acceptors (Lipinski definition) is 4. The molecule has 0 aromatic carbocycles. The van der Waals surface area contributed by atoms with Gasteiger partial charge in [0.1, 0.15) is 0 Å². The third-order valence-electron chi connectivity index (χ3n) is 2.91. The molecule has 1 fully saturated rings. The molecule has 1 atom stereocenters. The lowest BCUT2D eigenvalue weighted by molar-refractivity contribution is -0.0175. The first-order valence-electron chi connectivity index (χ1n) is 5.75. The standard InChI is InChI=1S/C11H18N4O2/c1-8-10(6-13-14-8)11(16)12-5-9-7-15(2)3-4-17-9/h6,9H,3-5,7H2,1-2H3,(H,12,16)(H,13,14). The molecule has 1 unspecified atom stereocenters. The highest BCUT2D eigenvalue weighted by atomic mass is 16.5. The number of carbonyl (C=O) groups is 1. The normalized spacial score (nSPS) is 21.4. The van der Waals surface area contributed by atoms with Crippen LogP contribution in [-0.2, 0) is 4.74 Å². The van der Waals surface area contributed by atoms with Crippen molar-refractivity contribution in [3.05, 3.63) is 17.5 Å². The van der Waals surface area contributed by atoms with E-state index in [-0.39, 0.29) is 12.0 Å². The first kappa shape index (κ1) is 12.1. The summed E-state index contributed by atoms with van der Waals surface area (Å²) >= 11 is 0. The molecule has 1 aromatic rings. The zero-order valence-electron chi connectivity index (χ0n) is 10.2. The van der Waals surface area contributed by atoms with E-state index in [0.717, 1.165) is 25.4 Å². The first-order valence-corrected chi connectivity index (χ1v) is 5.75. The van der Waals surface area contributed by atoms with Crippen molar-refractivity contribution in [2.45, 2.75) is 13.0 Å². The summed E-state index contributed by atoms with van der Waals surface area (Å²) in [5, 5.41) is 9.43. The second kappa shape index (κ2) is 5.29. The van der Waals surface area contributed by atoms with Gasteiger partial charge in [0.2, 0.25) is 0 Å². The molecule has 2 N–H and O–H groups in total. The lowest BCUT2D eigenvalue weighted by Crippen LogP contribution is -2.45. The van der Waals surface area contributed by atoms with Gasteiger partial charge in [0, 0.05) is 25.3 Å². The average molecular weight is 238 g/mol. The molecule has 0 radical (unpaired) electrons. The van der Waals surface area contributed by atoms with E-state index in [4.69, 9.17) is 4.74 Å². The zero-order chi connectivity index (χ0) is 12.3. The second-order valence-corrected chi connectivity index (χ2v) is 4.37. The minimum atomic E-state index is -0.104. The first-order chi connectivity index (χ1) is 8.16. The van der Waals surface area contributed by atoms with Crippen molar-refractivity contribution < 1.29 is 9.53 Å². The van der Waals surface area contributed by atoms with E-state index >= 15 is 0 Å². The van der Waals surface area contributed by atoms with Crippen molar-refractivity contribution in [3.8, 4) is 0 Å². The highest BCUT2D eigenvalue weighted by Gasteiger charge is 2.19. The van der Waals surface area contributed by atoms with Crippen molar-refractivity contribution in [3.63, 3.8) is 0 Å². The van der Waals surface area contributed by atoms with Gasteiger partial charge in [0.05, 0.1) is 24.5 Å². The van der Waals surface area contributed by atoms with Crippen LogP contribution in [0.2, 0.25) is 0 Å². The van der Waals surface area contributed by atoms with Gasteiger partial charge in [-0.15, -0.1) is 0 Å². The lowest BCUT2D eigenvalue weighted by Gasteiger charge is -2.30. The van der Waals surface area contributed by atoms with Crippen LogP contribution in [-0.4, -0.2) is 60.4 Å². The largest absolute Gasteiger partial charge is 0.374 e. The minimum Gasteiger partial charge on any atom is -0.374 e. The van der Waals surface area contributed by atoms with E-state index in [0.29, 0.717) is 12.1 Å². The summed E-state index contributed by atoms with van der Waals surface area (Å²) in [5.41, 5.74) is 1.37. The molecule has 0 spiro atoms. The number of ether oxygens (including phenoxy) is 1. The zero-order valence-corrected chi connectivity index (χ0v) is 10.2. The maximum atomic E-state index is 11.8. The van der Waals surface area contributed by atoms with Crippen molar-refractivity contribution >= 4 is 5.91 Å². The lowest BCUT2D eigenvalue weighted by atomic mass is 10.2. The molecule has 1 amide bonds. The number of carbonyl (C=O) groups excluding carboxylic acids is 1. The number of H-pyrrole nitrogens is 1. The summed E-state index contributed by atoms with van der Waals surface area (Å²) in [5.74, 6) is -0.104.